The zero-order chi connectivity index (χ0) is 22.9. The summed E-state index contributed by atoms with van der Waals surface area (Å²) < 4.78 is 21.9. The first-order valence-electron chi connectivity index (χ1n) is 10.4. The molecule has 2 fully saturated rings. The van der Waals surface area contributed by atoms with Crippen molar-refractivity contribution in [1.29, 1.82) is 0 Å². The number of hydrogen-bond acceptors (Lipinski definition) is 9. The first-order valence-corrected chi connectivity index (χ1v) is 11.3. The summed E-state index contributed by atoms with van der Waals surface area (Å²) in [5.41, 5.74) is -0.408. The van der Waals surface area contributed by atoms with E-state index in [0.29, 0.717) is 24.8 Å². The number of ether oxygens (including phenoxy) is 1. The molecule has 12 heteroatoms. The third-order valence-corrected chi connectivity index (χ3v) is 6.31. The number of hydrogen-bond donors (Lipinski definition) is 1. The molecule has 1 unspecified atom stereocenters. The Bertz CT molecular complexity index is 1280. The van der Waals surface area contributed by atoms with Crippen LogP contribution in [0.2, 0.25) is 0 Å². The van der Waals surface area contributed by atoms with E-state index in [9.17, 15) is 19.1 Å². The standard InChI is InChI=1S/C21H20FN5O5S/c22-16-7-14-17(28)15(20(29)30)10-27(21-23-4-6-33-21)18(14)24-19(16)26-8-12(9-26)25-32-11-13-3-1-2-5-31-13/h4,6-7,10,13H,1-3,5,8-9,11H2,(H,29,30). The van der Waals surface area contributed by atoms with Gasteiger partial charge in [0.05, 0.1) is 30.3 Å². The summed E-state index contributed by atoms with van der Waals surface area (Å²) in [5, 5.41) is 15.5. The monoisotopic (exact) mass is 473 g/mol. The van der Waals surface area contributed by atoms with Crippen LogP contribution in [0.25, 0.3) is 16.2 Å². The number of anilines is 1. The minimum Gasteiger partial charge on any atom is -0.477 e. The lowest BCUT2D eigenvalue weighted by atomic mass is 10.1. The van der Waals surface area contributed by atoms with Gasteiger partial charge in [-0.05, 0) is 25.3 Å². The van der Waals surface area contributed by atoms with Gasteiger partial charge in [-0.3, -0.25) is 9.36 Å². The van der Waals surface area contributed by atoms with Gasteiger partial charge in [-0.15, -0.1) is 11.3 Å². The number of nitrogens with zero attached hydrogens (tertiary/aromatic N) is 5. The van der Waals surface area contributed by atoms with Crippen molar-refractivity contribution in [3.63, 3.8) is 0 Å². The van der Waals surface area contributed by atoms with Crippen molar-refractivity contribution in [2.24, 2.45) is 5.16 Å². The predicted molar refractivity (Wildman–Crippen MR) is 119 cm³/mol. The maximum Gasteiger partial charge on any atom is 0.341 e. The molecule has 172 valence electrons. The Labute approximate surface area is 190 Å². The average Bonchev–Trinajstić information content (AvgIpc) is 3.31. The number of oxime groups is 1. The second-order valence-corrected chi connectivity index (χ2v) is 8.70. The Balaban J connectivity index is 1.41. The molecule has 2 saturated heterocycles. The first-order chi connectivity index (χ1) is 16.0. The topological polar surface area (TPSA) is 119 Å². The molecule has 0 saturated carbocycles. The van der Waals surface area contributed by atoms with Crippen molar-refractivity contribution in [2.45, 2.75) is 25.4 Å². The summed E-state index contributed by atoms with van der Waals surface area (Å²) in [6.45, 7) is 1.79. The molecule has 33 heavy (non-hydrogen) atoms. The van der Waals surface area contributed by atoms with E-state index in [0.717, 1.165) is 37.6 Å². The summed E-state index contributed by atoms with van der Waals surface area (Å²) in [6.07, 6.45) is 5.91. The summed E-state index contributed by atoms with van der Waals surface area (Å²) in [7, 11) is 0. The second kappa shape index (κ2) is 8.87. The highest BCUT2D eigenvalue weighted by atomic mass is 32.1. The summed E-state index contributed by atoms with van der Waals surface area (Å²) >= 11 is 1.24. The van der Waals surface area contributed by atoms with Crippen LogP contribution in [0.4, 0.5) is 10.2 Å². The van der Waals surface area contributed by atoms with Crippen molar-refractivity contribution < 1.29 is 23.9 Å². The largest absolute Gasteiger partial charge is 0.477 e. The molecule has 2 aliphatic heterocycles. The summed E-state index contributed by atoms with van der Waals surface area (Å²) in [4.78, 5) is 39.8. The molecule has 0 spiro atoms. The molecule has 0 aliphatic carbocycles. The van der Waals surface area contributed by atoms with Crippen LogP contribution in [0.15, 0.2) is 33.8 Å². The number of rotatable bonds is 6. The highest BCUT2D eigenvalue weighted by Gasteiger charge is 2.29. The number of thiazole rings is 1. The van der Waals surface area contributed by atoms with Gasteiger partial charge in [-0.25, -0.2) is 19.2 Å². The number of aromatic carboxylic acids is 1. The SMILES string of the molecule is O=C(O)c1cn(-c2nccs2)c2nc(N3CC(=NOCC4CCCCO4)C3)c(F)cc2c1=O. The fraction of sp³-hybridized carbons (Fsp3) is 0.381. The second-order valence-electron chi connectivity index (χ2n) is 7.82. The Kier molecular flexibility index (Phi) is 5.77. The van der Waals surface area contributed by atoms with Crippen LogP contribution in [-0.4, -0.2) is 63.7 Å². The molecule has 1 N–H and O–H groups in total. The first kappa shape index (κ1) is 21.5. The molecule has 0 radical (unpaired) electrons. The van der Waals surface area contributed by atoms with Crippen molar-refractivity contribution in [2.75, 3.05) is 31.2 Å². The molecule has 0 aromatic carbocycles. The van der Waals surface area contributed by atoms with Crippen molar-refractivity contribution >= 4 is 39.9 Å². The van der Waals surface area contributed by atoms with Gasteiger partial charge in [0.2, 0.25) is 5.43 Å². The highest BCUT2D eigenvalue weighted by Crippen LogP contribution is 2.26. The summed E-state index contributed by atoms with van der Waals surface area (Å²) in [6, 6.07) is 1.03. The zero-order valence-corrected chi connectivity index (χ0v) is 18.3. The van der Waals surface area contributed by atoms with E-state index in [1.807, 2.05) is 0 Å². The van der Waals surface area contributed by atoms with Crippen LogP contribution in [-0.2, 0) is 9.57 Å². The van der Waals surface area contributed by atoms with Crippen LogP contribution in [0.1, 0.15) is 29.6 Å². The molecular formula is C21H20FN5O5S. The van der Waals surface area contributed by atoms with Gasteiger partial charge in [0.1, 0.15) is 12.2 Å². The highest BCUT2D eigenvalue weighted by molar-refractivity contribution is 7.12. The van der Waals surface area contributed by atoms with Crippen LogP contribution in [0, 0.1) is 5.82 Å². The number of pyridine rings is 2. The van der Waals surface area contributed by atoms with Crippen LogP contribution >= 0.6 is 11.3 Å². The third-order valence-electron chi connectivity index (χ3n) is 5.54. The van der Waals surface area contributed by atoms with Gasteiger partial charge >= 0.3 is 5.97 Å². The number of fused-ring (bicyclic) bond motifs is 1. The lowest BCUT2D eigenvalue weighted by molar-refractivity contribution is -0.0398. The quantitative estimate of drug-likeness (QED) is 0.542. The molecule has 2 aliphatic rings. The third kappa shape index (κ3) is 4.18. The van der Waals surface area contributed by atoms with Gasteiger partial charge in [0.15, 0.2) is 22.4 Å². The zero-order valence-electron chi connectivity index (χ0n) is 17.4. The molecule has 1 atom stereocenters. The average molecular weight is 473 g/mol. The Hall–Kier alpha value is -3.38. The van der Waals surface area contributed by atoms with Crippen molar-refractivity contribution in [3.05, 3.63) is 45.4 Å². The molecule has 3 aromatic rings. The number of aromatic nitrogens is 3. The molecule has 10 nitrogen and oxygen atoms in total. The predicted octanol–water partition coefficient (Wildman–Crippen LogP) is 2.44. The summed E-state index contributed by atoms with van der Waals surface area (Å²) in [5.74, 6) is -2.08. The van der Waals surface area contributed by atoms with E-state index in [2.05, 4.69) is 15.1 Å². The maximum absolute atomic E-state index is 14.9. The number of carboxylic acids is 1. The smallest absolute Gasteiger partial charge is 0.341 e. The van der Waals surface area contributed by atoms with Gasteiger partial charge in [-0.2, -0.15) is 0 Å². The van der Waals surface area contributed by atoms with E-state index in [1.165, 1.54) is 22.1 Å². The van der Waals surface area contributed by atoms with Crippen LogP contribution < -0.4 is 10.3 Å². The minimum atomic E-state index is -1.40. The van der Waals surface area contributed by atoms with Crippen molar-refractivity contribution in [1.82, 2.24) is 14.5 Å². The molecule has 3 aromatic heterocycles. The van der Waals surface area contributed by atoms with E-state index >= 15 is 0 Å². The Morgan fingerprint density at radius 1 is 1.39 bits per heavy atom. The Morgan fingerprint density at radius 2 is 2.24 bits per heavy atom. The van der Waals surface area contributed by atoms with E-state index in [-0.39, 0.29) is 23.0 Å². The molecule has 0 bridgehead atoms. The molecule has 5 heterocycles. The lowest BCUT2D eigenvalue weighted by Crippen LogP contribution is -2.48. The normalized spacial score (nSPS) is 18.3. The minimum absolute atomic E-state index is 0.0462. The molecule has 5 rings (SSSR count). The Morgan fingerprint density at radius 3 is 2.94 bits per heavy atom. The van der Waals surface area contributed by atoms with Gasteiger partial charge in [-0.1, -0.05) is 5.16 Å². The fourth-order valence-corrected chi connectivity index (χ4v) is 4.44. The molecule has 0 amide bonds. The van der Waals surface area contributed by atoms with Gasteiger partial charge in [0.25, 0.3) is 0 Å². The van der Waals surface area contributed by atoms with Gasteiger partial charge < -0.3 is 19.6 Å². The maximum atomic E-state index is 14.9. The lowest BCUT2D eigenvalue weighted by Gasteiger charge is -2.33. The molecular weight excluding hydrogens is 453 g/mol. The number of carbonyl (C=O) groups is 1. The van der Waals surface area contributed by atoms with Gasteiger partial charge in [0, 0.05) is 24.4 Å². The fourth-order valence-electron chi connectivity index (χ4n) is 3.82. The van der Waals surface area contributed by atoms with E-state index < -0.39 is 22.8 Å². The van der Waals surface area contributed by atoms with E-state index in [1.54, 1.807) is 16.5 Å². The number of halogens is 1. The number of carboxylic acid groups (broad SMARTS) is 1. The van der Waals surface area contributed by atoms with E-state index in [4.69, 9.17) is 9.57 Å². The van der Waals surface area contributed by atoms with Crippen LogP contribution in [0.5, 0.6) is 0 Å². The van der Waals surface area contributed by atoms with Crippen molar-refractivity contribution in [3.8, 4) is 5.13 Å². The van der Waals surface area contributed by atoms with Crippen LogP contribution in [0.3, 0.4) is 0 Å².